The third-order valence-electron chi connectivity index (χ3n) is 3.79. The second kappa shape index (κ2) is 6.65. The van der Waals surface area contributed by atoms with E-state index in [4.69, 9.17) is 11.6 Å². The van der Waals surface area contributed by atoms with Gasteiger partial charge in [-0.1, -0.05) is 37.6 Å². The van der Waals surface area contributed by atoms with Crippen molar-refractivity contribution in [3.05, 3.63) is 47.5 Å². The van der Waals surface area contributed by atoms with Crippen molar-refractivity contribution >= 4 is 28.4 Å². The summed E-state index contributed by atoms with van der Waals surface area (Å²) in [5.41, 5.74) is 2.32. The van der Waals surface area contributed by atoms with E-state index in [2.05, 4.69) is 4.98 Å². The second-order valence-corrected chi connectivity index (χ2v) is 6.78. The molecule has 0 aliphatic rings. The summed E-state index contributed by atoms with van der Waals surface area (Å²) in [6.45, 7) is 4.31. The highest BCUT2D eigenvalue weighted by Gasteiger charge is 2.16. The van der Waals surface area contributed by atoms with Gasteiger partial charge in [0.1, 0.15) is 11.6 Å². The lowest BCUT2D eigenvalue weighted by Gasteiger charge is -2.10. The first-order valence-corrected chi connectivity index (χ1v) is 8.28. The molecule has 4 nitrogen and oxygen atoms in total. The van der Waals surface area contributed by atoms with Crippen LogP contribution in [0, 0.1) is 5.92 Å². The van der Waals surface area contributed by atoms with E-state index in [1.165, 1.54) is 0 Å². The molecule has 0 saturated carbocycles. The fraction of sp³-hybridized carbons (Fsp3) is 0.263. The van der Waals surface area contributed by atoms with Crippen LogP contribution in [0.2, 0.25) is 5.02 Å². The van der Waals surface area contributed by atoms with E-state index >= 15 is 0 Å². The first-order chi connectivity index (χ1) is 11.4. The molecule has 5 heteroatoms. The summed E-state index contributed by atoms with van der Waals surface area (Å²) in [5.74, 6) is 1.29. The number of halogens is 1. The number of hydrogen-bond acceptors (Lipinski definition) is 3. The van der Waals surface area contributed by atoms with Gasteiger partial charge in [-0.3, -0.25) is 4.79 Å². The third kappa shape index (κ3) is 3.44. The van der Waals surface area contributed by atoms with Gasteiger partial charge in [-0.2, -0.15) is 0 Å². The molecule has 0 fully saturated rings. The monoisotopic (exact) mass is 342 g/mol. The number of carbonyl (C=O) groups is 1. The maximum atomic E-state index is 12.4. The Kier molecular flexibility index (Phi) is 4.58. The number of imidazole rings is 1. The summed E-state index contributed by atoms with van der Waals surface area (Å²) in [6.07, 6.45) is 0.521. The predicted molar refractivity (Wildman–Crippen MR) is 96.3 cm³/mol. The molecule has 0 radical (unpaired) electrons. The number of benzene rings is 2. The second-order valence-electron chi connectivity index (χ2n) is 6.34. The Morgan fingerprint density at radius 3 is 2.75 bits per heavy atom. The molecule has 0 aliphatic heterocycles. The van der Waals surface area contributed by atoms with E-state index in [1.807, 2.05) is 36.6 Å². The Morgan fingerprint density at radius 2 is 2.04 bits per heavy atom. The van der Waals surface area contributed by atoms with Crippen molar-refractivity contribution in [3.8, 4) is 17.1 Å². The lowest BCUT2D eigenvalue weighted by molar-refractivity contribution is -0.120. The average Bonchev–Trinajstić information content (AvgIpc) is 2.84. The normalized spacial score (nSPS) is 11.3. The number of Topliss-reactive ketones (excluding diaryl/α,β-unsaturated/α-hetero) is 1. The standard InChI is InChI=1S/C19H19ClN2O2/c1-12(2)8-16(24)11-22-18-7-6-15(23)10-17(18)21-19(22)13-4-3-5-14(20)9-13/h3-7,9-10,12,23H,8,11H2,1-2H3. The molecule has 3 rings (SSSR count). The van der Waals surface area contributed by atoms with Gasteiger partial charge in [0.25, 0.3) is 0 Å². The van der Waals surface area contributed by atoms with Crippen LogP contribution >= 0.6 is 11.6 Å². The fourth-order valence-electron chi connectivity index (χ4n) is 2.82. The van der Waals surface area contributed by atoms with Crippen molar-refractivity contribution in [1.29, 1.82) is 0 Å². The minimum absolute atomic E-state index is 0.151. The molecule has 1 aromatic heterocycles. The number of phenolic OH excluding ortho intramolecular Hbond substituents is 1. The number of ketones is 1. The lowest BCUT2D eigenvalue weighted by atomic mass is 10.1. The van der Waals surface area contributed by atoms with E-state index in [1.54, 1.807) is 24.3 Å². The van der Waals surface area contributed by atoms with Crippen LogP contribution in [0.25, 0.3) is 22.4 Å². The number of fused-ring (bicyclic) bond motifs is 1. The van der Waals surface area contributed by atoms with Crippen molar-refractivity contribution in [2.24, 2.45) is 5.92 Å². The van der Waals surface area contributed by atoms with Gasteiger partial charge < -0.3 is 9.67 Å². The maximum Gasteiger partial charge on any atom is 0.152 e. The Morgan fingerprint density at radius 1 is 1.25 bits per heavy atom. The van der Waals surface area contributed by atoms with Crippen molar-refractivity contribution in [1.82, 2.24) is 9.55 Å². The molecule has 2 aromatic carbocycles. The Balaban J connectivity index is 2.13. The highest BCUT2D eigenvalue weighted by Crippen LogP contribution is 2.28. The van der Waals surface area contributed by atoms with Crippen LogP contribution in [-0.2, 0) is 11.3 Å². The van der Waals surface area contributed by atoms with Gasteiger partial charge in [-0.15, -0.1) is 0 Å². The molecule has 0 amide bonds. The first-order valence-electron chi connectivity index (χ1n) is 7.91. The molecule has 1 heterocycles. The first kappa shape index (κ1) is 16.5. The van der Waals surface area contributed by atoms with Crippen molar-refractivity contribution in [3.63, 3.8) is 0 Å². The van der Waals surface area contributed by atoms with Crippen LogP contribution in [0.3, 0.4) is 0 Å². The topological polar surface area (TPSA) is 55.1 Å². The van der Waals surface area contributed by atoms with Crippen LogP contribution in [-0.4, -0.2) is 20.4 Å². The number of carbonyl (C=O) groups excluding carboxylic acids is 1. The van der Waals surface area contributed by atoms with Gasteiger partial charge >= 0.3 is 0 Å². The number of nitrogens with zero attached hydrogens (tertiary/aromatic N) is 2. The number of hydrogen-bond donors (Lipinski definition) is 1. The molecule has 24 heavy (non-hydrogen) atoms. The van der Waals surface area contributed by atoms with Gasteiger partial charge in [0.05, 0.1) is 17.6 Å². The molecular weight excluding hydrogens is 324 g/mol. The van der Waals surface area contributed by atoms with Crippen LogP contribution in [0.1, 0.15) is 20.3 Å². The van der Waals surface area contributed by atoms with E-state index in [0.717, 1.165) is 11.1 Å². The van der Waals surface area contributed by atoms with Gasteiger partial charge in [-0.25, -0.2) is 4.98 Å². The maximum absolute atomic E-state index is 12.4. The van der Waals surface area contributed by atoms with Gasteiger partial charge in [0.15, 0.2) is 5.78 Å². The van der Waals surface area contributed by atoms with Crippen LogP contribution in [0.4, 0.5) is 0 Å². The molecular formula is C19H19ClN2O2. The molecule has 0 saturated heterocycles. The van der Waals surface area contributed by atoms with E-state index in [0.29, 0.717) is 28.7 Å². The molecule has 0 atom stereocenters. The van der Waals surface area contributed by atoms with Crippen molar-refractivity contribution < 1.29 is 9.90 Å². The minimum atomic E-state index is 0.151. The summed E-state index contributed by atoms with van der Waals surface area (Å²) in [6, 6.07) is 12.4. The molecule has 0 spiro atoms. The van der Waals surface area contributed by atoms with Gasteiger partial charge in [-0.05, 0) is 30.2 Å². The Hall–Kier alpha value is -2.33. The number of rotatable bonds is 5. The molecule has 124 valence electrons. The average molecular weight is 343 g/mol. The van der Waals surface area contributed by atoms with Crippen molar-refractivity contribution in [2.45, 2.75) is 26.8 Å². The summed E-state index contributed by atoms with van der Waals surface area (Å²) in [4.78, 5) is 17.0. The van der Waals surface area contributed by atoms with Crippen LogP contribution in [0.15, 0.2) is 42.5 Å². The molecule has 0 unspecified atom stereocenters. The molecule has 0 bridgehead atoms. The van der Waals surface area contributed by atoms with Crippen LogP contribution in [0.5, 0.6) is 5.75 Å². The summed E-state index contributed by atoms with van der Waals surface area (Å²) in [7, 11) is 0. The van der Waals surface area contributed by atoms with E-state index in [9.17, 15) is 9.90 Å². The number of phenols is 1. The summed E-state index contributed by atoms with van der Waals surface area (Å²) >= 11 is 6.10. The number of aromatic hydroxyl groups is 1. The predicted octanol–water partition coefficient (Wildman–Crippen LogP) is 4.68. The zero-order valence-electron chi connectivity index (χ0n) is 13.7. The highest BCUT2D eigenvalue weighted by molar-refractivity contribution is 6.30. The summed E-state index contributed by atoms with van der Waals surface area (Å²) < 4.78 is 1.89. The highest BCUT2D eigenvalue weighted by atomic mass is 35.5. The lowest BCUT2D eigenvalue weighted by Crippen LogP contribution is -2.13. The molecule has 0 aliphatic carbocycles. The number of aromatic nitrogens is 2. The van der Waals surface area contributed by atoms with Crippen molar-refractivity contribution in [2.75, 3.05) is 0 Å². The zero-order chi connectivity index (χ0) is 17.3. The fourth-order valence-corrected chi connectivity index (χ4v) is 3.01. The molecule has 3 aromatic rings. The molecule has 1 N–H and O–H groups in total. The Bertz CT molecular complexity index is 900. The van der Waals surface area contributed by atoms with Gasteiger partial charge in [0.2, 0.25) is 0 Å². The van der Waals surface area contributed by atoms with Gasteiger partial charge in [0, 0.05) is 23.1 Å². The largest absolute Gasteiger partial charge is 0.508 e. The van der Waals surface area contributed by atoms with E-state index in [-0.39, 0.29) is 18.1 Å². The third-order valence-corrected chi connectivity index (χ3v) is 4.02. The summed E-state index contributed by atoms with van der Waals surface area (Å²) in [5, 5.41) is 10.3. The quantitative estimate of drug-likeness (QED) is 0.732. The van der Waals surface area contributed by atoms with E-state index < -0.39 is 0 Å². The Labute approximate surface area is 145 Å². The SMILES string of the molecule is CC(C)CC(=O)Cn1c(-c2cccc(Cl)c2)nc2cc(O)ccc21. The van der Waals surface area contributed by atoms with Crippen LogP contribution < -0.4 is 0 Å². The minimum Gasteiger partial charge on any atom is -0.508 e. The zero-order valence-corrected chi connectivity index (χ0v) is 14.4. The smallest absolute Gasteiger partial charge is 0.152 e.